The first-order valence-corrected chi connectivity index (χ1v) is 15.5. The number of amides is 2. The largest absolute Gasteiger partial charge is 0.352 e. The molecule has 3 rings (SSSR count). The Morgan fingerprint density at radius 3 is 2.12 bits per heavy atom. The third kappa shape index (κ3) is 8.22. The van der Waals surface area contributed by atoms with Crippen LogP contribution in [0.4, 0.5) is 5.69 Å². The van der Waals surface area contributed by atoms with Gasteiger partial charge in [-0.15, -0.1) is 0 Å². The van der Waals surface area contributed by atoms with Crippen molar-refractivity contribution in [2.24, 2.45) is 0 Å². The molecule has 0 aliphatic carbocycles. The highest BCUT2D eigenvalue weighted by Gasteiger charge is 2.34. The Morgan fingerprint density at radius 1 is 0.925 bits per heavy atom. The summed E-state index contributed by atoms with van der Waals surface area (Å²) in [6.45, 7) is 6.70. The number of carbonyl (C=O) groups is 2. The van der Waals surface area contributed by atoms with Crippen molar-refractivity contribution in [3.63, 3.8) is 0 Å². The number of hydrogen-bond acceptors (Lipinski definition) is 4. The van der Waals surface area contributed by atoms with Crippen molar-refractivity contribution in [2.75, 3.05) is 17.1 Å². The Morgan fingerprint density at radius 2 is 1.55 bits per heavy atom. The molecular formula is C30H35Cl2N3O4S. The summed E-state index contributed by atoms with van der Waals surface area (Å²) in [6, 6.07) is 18.6. The third-order valence-electron chi connectivity index (χ3n) is 6.40. The zero-order valence-corrected chi connectivity index (χ0v) is 25.6. The second kappa shape index (κ2) is 13.5. The van der Waals surface area contributed by atoms with E-state index in [0.717, 1.165) is 21.7 Å². The van der Waals surface area contributed by atoms with Crippen molar-refractivity contribution >= 4 is 50.7 Å². The lowest BCUT2D eigenvalue weighted by Gasteiger charge is -2.34. The maximum atomic E-state index is 14.2. The van der Waals surface area contributed by atoms with Crippen molar-refractivity contribution in [3.05, 3.63) is 99.0 Å². The normalized spacial score (nSPS) is 12.2. The minimum absolute atomic E-state index is 0.0925. The lowest BCUT2D eigenvalue weighted by atomic mass is 10.0. The number of sulfonamides is 1. The molecule has 214 valence electrons. The summed E-state index contributed by atoms with van der Waals surface area (Å²) in [6.07, 6.45) is 1.26. The van der Waals surface area contributed by atoms with E-state index in [0.29, 0.717) is 26.9 Å². The Kier molecular flexibility index (Phi) is 10.6. The summed E-state index contributed by atoms with van der Waals surface area (Å²) in [4.78, 5) is 29.2. The van der Waals surface area contributed by atoms with Gasteiger partial charge in [0.25, 0.3) is 0 Å². The molecule has 10 heteroatoms. The van der Waals surface area contributed by atoms with Crippen LogP contribution in [0.2, 0.25) is 10.0 Å². The lowest BCUT2D eigenvalue weighted by Crippen LogP contribution is -2.54. The number of hydrogen-bond donors (Lipinski definition) is 1. The minimum Gasteiger partial charge on any atom is -0.352 e. The van der Waals surface area contributed by atoms with Gasteiger partial charge in [-0.2, -0.15) is 0 Å². The average Bonchev–Trinajstić information content (AvgIpc) is 2.87. The second-order valence-electron chi connectivity index (χ2n) is 10.2. The highest BCUT2D eigenvalue weighted by Crippen LogP contribution is 2.29. The highest BCUT2D eigenvalue weighted by molar-refractivity contribution is 7.92. The molecule has 40 heavy (non-hydrogen) atoms. The number of carbonyl (C=O) groups excluding carboxylic acids is 2. The van der Waals surface area contributed by atoms with Gasteiger partial charge in [-0.3, -0.25) is 13.9 Å². The van der Waals surface area contributed by atoms with Gasteiger partial charge in [0.2, 0.25) is 21.8 Å². The van der Waals surface area contributed by atoms with Crippen LogP contribution < -0.4 is 9.62 Å². The van der Waals surface area contributed by atoms with Crippen molar-refractivity contribution in [1.29, 1.82) is 0 Å². The maximum Gasteiger partial charge on any atom is 0.244 e. The summed E-state index contributed by atoms with van der Waals surface area (Å²) in [7, 11) is -3.87. The maximum absolute atomic E-state index is 14.2. The summed E-state index contributed by atoms with van der Waals surface area (Å²) in [5.74, 6) is -0.935. The van der Waals surface area contributed by atoms with Crippen molar-refractivity contribution in [3.8, 4) is 0 Å². The predicted molar refractivity (Wildman–Crippen MR) is 162 cm³/mol. The summed E-state index contributed by atoms with van der Waals surface area (Å²) in [5.41, 5.74) is 3.25. The van der Waals surface area contributed by atoms with Crippen LogP contribution >= 0.6 is 23.2 Å². The van der Waals surface area contributed by atoms with Gasteiger partial charge in [0.1, 0.15) is 12.6 Å². The average molecular weight is 605 g/mol. The van der Waals surface area contributed by atoms with Crippen LogP contribution in [-0.4, -0.2) is 50.0 Å². The molecular weight excluding hydrogens is 569 g/mol. The smallest absolute Gasteiger partial charge is 0.244 e. The van der Waals surface area contributed by atoms with Gasteiger partial charge in [-0.05, 0) is 62.6 Å². The predicted octanol–water partition coefficient (Wildman–Crippen LogP) is 5.54. The standard InChI is InChI=1S/C30H35Cl2N3O4S/c1-20(2)33-30(37)28(17-23-10-7-6-8-11-23)34(18-24-25(31)12-9-13-26(24)32)29(36)19-35(40(5,38)39)27-16-21(3)14-15-22(27)4/h6-16,20,28H,17-19H2,1-5H3,(H,33,37)/t28-/m1/s1. The van der Waals surface area contributed by atoms with Gasteiger partial charge in [0.05, 0.1) is 11.9 Å². The van der Waals surface area contributed by atoms with Crippen LogP contribution in [0, 0.1) is 13.8 Å². The number of nitrogens with zero attached hydrogens (tertiary/aromatic N) is 2. The van der Waals surface area contributed by atoms with Gasteiger partial charge in [-0.25, -0.2) is 8.42 Å². The third-order valence-corrected chi connectivity index (χ3v) is 8.24. The SMILES string of the molecule is Cc1ccc(C)c(N(CC(=O)N(Cc2c(Cl)cccc2Cl)[C@H](Cc2ccccc2)C(=O)NC(C)C)S(C)(=O)=O)c1. The molecule has 0 spiro atoms. The van der Waals surface area contributed by atoms with E-state index in [9.17, 15) is 18.0 Å². The number of benzene rings is 3. The summed E-state index contributed by atoms with van der Waals surface area (Å²) in [5, 5.41) is 3.59. The Hall–Kier alpha value is -3.07. The van der Waals surface area contributed by atoms with E-state index < -0.39 is 28.5 Å². The molecule has 1 N–H and O–H groups in total. The molecule has 0 saturated carbocycles. The van der Waals surface area contributed by atoms with Crippen molar-refractivity contribution < 1.29 is 18.0 Å². The van der Waals surface area contributed by atoms with E-state index >= 15 is 0 Å². The molecule has 0 heterocycles. The first-order chi connectivity index (χ1) is 18.8. The minimum atomic E-state index is -3.87. The van der Waals surface area contributed by atoms with E-state index in [1.807, 2.05) is 63.2 Å². The molecule has 3 aromatic rings. The van der Waals surface area contributed by atoms with Gasteiger partial charge < -0.3 is 10.2 Å². The molecule has 2 amide bonds. The molecule has 0 radical (unpaired) electrons. The van der Waals surface area contributed by atoms with Crippen LogP contribution in [0.15, 0.2) is 66.7 Å². The second-order valence-corrected chi connectivity index (χ2v) is 12.9. The van der Waals surface area contributed by atoms with Gasteiger partial charge in [0.15, 0.2) is 0 Å². The molecule has 0 aliphatic rings. The van der Waals surface area contributed by atoms with Crippen LogP contribution in [0.3, 0.4) is 0 Å². The van der Waals surface area contributed by atoms with Gasteiger partial charge in [0, 0.05) is 34.6 Å². The van der Waals surface area contributed by atoms with E-state index in [1.165, 1.54) is 4.90 Å². The fraction of sp³-hybridized carbons (Fsp3) is 0.333. The van der Waals surface area contributed by atoms with Crippen LogP contribution in [0.1, 0.15) is 36.1 Å². The van der Waals surface area contributed by atoms with Gasteiger partial charge in [-0.1, -0.05) is 71.7 Å². The molecule has 1 atom stereocenters. The monoisotopic (exact) mass is 603 g/mol. The molecule has 7 nitrogen and oxygen atoms in total. The molecule has 0 fully saturated rings. The Bertz CT molecular complexity index is 1440. The van der Waals surface area contributed by atoms with Crippen LogP contribution in [0.5, 0.6) is 0 Å². The van der Waals surface area contributed by atoms with E-state index in [1.54, 1.807) is 31.2 Å². The van der Waals surface area contributed by atoms with Crippen molar-refractivity contribution in [1.82, 2.24) is 10.2 Å². The van der Waals surface area contributed by atoms with Gasteiger partial charge >= 0.3 is 0 Å². The zero-order chi connectivity index (χ0) is 29.6. The van der Waals surface area contributed by atoms with E-state index in [2.05, 4.69) is 5.32 Å². The first kappa shape index (κ1) is 31.5. The highest BCUT2D eigenvalue weighted by atomic mass is 35.5. The van der Waals surface area contributed by atoms with Crippen molar-refractivity contribution in [2.45, 2.75) is 52.7 Å². The quantitative estimate of drug-likeness (QED) is 0.312. The Labute approximate surface area is 247 Å². The summed E-state index contributed by atoms with van der Waals surface area (Å²) >= 11 is 13.0. The van der Waals surface area contributed by atoms with Crippen LogP contribution in [-0.2, 0) is 32.6 Å². The molecule has 0 bridgehead atoms. The molecule has 0 aromatic heterocycles. The molecule has 3 aromatic carbocycles. The number of nitrogens with one attached hydrogen (secondary N) is 1. The van der Waals surface area contributed by atoms with E-state index in [4.69, 9.17) is 23.2 Å². The number of rotatable bonds is 11. The lowest BCUT2D eigenvalue weighted by molar-refractivity contribution is -0.140. The fourth-order valence-electron chi connectivity index (χ4n) is 4.37. The number of anilines is 1. The van der Waals surface area contributed by atoms with Crippen LogP contribution in [0.25, 0.3) is 0 Å². The number of aryl methyl sites for hydroxylation is 2. The molecule has 0 aliphatic heterocycles. The number of halogens is 2. The molecule has 0 saturated heterocycles. The fourth-order valence-corrected chi connectivity index (χ4v) is 5.79. The first-order valence-electron chi connectivity index (χ1n) is 12.9. The Balaban J connectivity index is 2.13. The topological polar surface area (TPSA) is 86.8 Å². The summed E-state index contributed by atoms with van der Waals surface area (Å²) < 4.78 is 27.1. The molecule has 0 unspecified atom stereocenters. The van der Waals surface area contributed by atoms with E-state index in [-0.39, 0.29) is 24.9 Å². The zero-order valence-electron chi connectivity index (χ0n) is 23.3.